The van der Waals surface area contributed by atoms with Crippen molar-refractivity contribution in [1.29, 1.82) is 0 Å². The molecule has 1 amide bonds. The topological polar surface area (TPSA) is 112 Å². The number of anilines is 2. The van der Waals surface area contributed by atoms with E-state index in [1.165, 1.54) is 4.57 Å². The van der Waals surface area contributed by atoms with Gasteiger partial charge in [0.1, 0.15) is 17.7 Å². The van der Waals surface area contributed by atoms with Crippen molar-refractivity contribution in [2.75, 3.05) is 69.8 Å². The minimum absolute atomic E-state index is 0.0298. The van der Waals surface area contributed by atoms with Crippen molar-refractivity contribution < 1.29 is 23.4 Å². The molecule has 0 radical (unpaired) electrons. The lowest BCUT2D eigenvalue weighted by Gasteiger charge is -2.38. The number of carbonyl (C=O) groups excluding carboxylic acids is 1. The highest BCUT2D eigenvalue weighted by Gasteiger charge is 2.30. The third-order valence-corrected chi connectivity index (χ3v) is 7.51. The zero-order valence-electron chi connectivity index (χ0n) is 22.8. The van der Waals surface area contributed by atoms with E-state index in [9.17, 15) is 18.7 Å². The number of ether oxygens (including phenoxy) is 1. The number of piperidine rings is 1. The average Bonchev–Trinajstić information content (AvgIpc) is 3.37. The summed E-state index contributed by atoms with van der Waals surface area (Å²) in [6.07, 6.45) is -1.17. The zero-order chi connectivity index (χ0) is 28.2. The van der Waals surface area contributed by atoms with E-state index in [-0.39, 0.29) is 36.9 Å². The maximum Gasteiger partial charge on any atom is 0.296 e. The van der Waals surface area contributed by atoms with Gasteiger partial charge in [-0.3, -0.25) is 9.36 Å². The summed E-state index contributed by atoms with van der Waals surface area (Å²) in [6, 6.07) is 7.89. The molecule has 13 heteroatoms. The highest BCUT2D eigenvalue weighted by atomic mass is 19.3. The molecule has 0 unspecified atom stereocenters. The molecule has 3 aromatic rings. The number of nitrogens with one attached hydrogen (secondary N) is 1. The molecule has 1 atom stereocenters. The lowest BCUT2D eigenvalue weighted by molar-refractivity contribution is -0.135. The van der Waals surface area contributed by atoms with E-state index >= 15 is 0 Å². The second-order valence-corrected chi connectivity index (χ2v) is 10.3. The number of carbonyl (C=O) groups is 1. The van der Waals surface area contributed by atoms with Crippen LogP contribution < -0.4 is 10.2 Å². The summed E-state index contributed by atoms with van der Waals surface area (Å²) >= 11 is 0. The number of halogens is 2. The fourth-order valence-corrected chi connectivity index (χ4v) is 5.38. The number of imidazole rings is 1. The zero-order valence-corrected chi connectivity index (χ0v) is 22.8. The van der Waals surface area contributed by atoms with E-state index in [0.29, 0.717) is 43.2 Å². The maximum absolute atomic E-state index is 14.1. The van der Waals surface area contributed by atoms with Gasteiger partial charge in [-0.15, -0.1) is 0 Å². The van der Waals surface area contributed by atoms with Gasteiger partial charge in [-0.1, -0.05) is 12.1 Å². The highest BCUT2D eigenvalue weighted by Crippen LogP contribution is 2.29. The van der Waals surface area contributed by atoms with Crippen molar-refractivity contribution in [2.45, 2.75) is 38.3 Å². The van der Waals surface area contributed by atoms with Crippen LogP contribution in [0.5, 0.6) is 0 Å². The molecular formula is C27H36F2N8O3. The largest absolute Gasteiger partial charge is 0.395 e. The Morgan fingerprint density at radius 3 is 2.52 bits per heavy atom. The van der Waals surface area contributed by atoms with E-state index < -0.39 is 18.3 Å². The fraction of sp³-hybridized carbons (Fsp3) is 0.556. The predicted octanol–water partition coefficient (Wildman–Crippen LogP) is 2.31. The normalized spacial score (nSPS) is 17.9. The summed E-state index contributed by atoms with van der Waals surface area (Å²) in [7, 11) is 2.05. The van der Waals surface area contributed by atoms with E-state index in [2.05, 4.69) is 32.2 Å². The number of hydrogen-bond acceptors (Lipinski definition) is 9. The number of hydrogen-bond donors (Lipinski definition) is 2. The van der Waals surface area contributed by atoms with Crippen LogP contribution in [0.2, 0.25) is 0 Å². The number of nitrogens with zero attached hydrogens (tertiary/aromatic N) is 7. The number of alkyl halides is 2. The summed E-state index contributed by atoms with van der Waals surface area (Å²) in [5, 5.41) is 12.8. The number of benzene rings is 1. The average molecular weight is 559 g/mol. The van der Waals surface area contributed by atoms with Crippen molar-refractivity contribution in [3.05, 3.63) is 36.2 Å². The van der Waals surface area contributed by atoms with Gasteiger partial charge in [-0.25, -0.2) is 13.8 Å². The van der Waals surface area contributed by atoms with Gasteiger partial charge < -0.3 is 29.9 Å². The number of rotatable bonds is 9. The molecule has 2 aromatic heterocycles. The van der Waals surface area contributed by atoms with Crippen LogP contribution in [0.1, 0.15) is 32.0 Å². The van der Waals surface area contributed by atoms with Crippen molar-refractivity contribution in [3.8, 4) is 5.82 Å². The molecule has 4 heterocycles. The van der Waals surface area contributed by atoms with Gasteiger partial charge in [0.15, 0.2) is 5.82 Å². The standard InChI is InChI=1S/C27H36F2N8O3/c1-18(26(39)36(11-14-38)19-7-9-34(2)10-8-19)30-27-32-22(35-12-15-40-16-13-35)17-23(33-27)37-21-6-4-3-5-20(21)31-25(37)24(28)29/h3-6,17-19,24,38H,7-16H2,1-2H3,(H,30,32,33)/t18-/m0/s1. The molecule has 0 bridgehead atoms. The summed E-state index contributed by atoms with van der Waals surface area (Å²) in [4.78, 5) is 33.0. The summed E-state index contributed by atoms with van der Waals surface area (Å²) in [6.45, 7) is 5.76. The van der Waals surface area contributed by atoms with Crippen LogP contribution in [0.15, 0.2) is 30.3 Å². The van der Waals surface area contributed by atoms with E-state index in [0.717, 1.165) is 25.9 Å². The Bertz CT molecular complexity index is 1310. The predicted molar refractivity (Wildman–Crippen MR) is 147 cm³/mol. The van der Waals surface area contributed by atoms with Crippen LogP contribution >= 0.6 is 0 Å². The number of amides is 1. The molecule has 0 saturated carbocycles. The first kappa shape index (κ1) is 28.1. The fourth-order valence-electron chi connectivity index (χ4n) is 5.38. The Kier molecular flexibility index (Phi) is 8.72. The summed E-state index contributed by atoms with van der Waals surface area (Å²) < 4.78 is 35.1. The Morgan fingerprint density at radius 1 is 1.12 bits per heavy atom. The molecule has 0 spiro atoms. The minimum Gasteiger partial charge on any atom is -0.395 e. The Morgan fingerprint density at radius 2 is 1.82 bits per heavy atom. The molecular weight excluding hydrogens is 522 g/mol. The monoisotopic (exact) mass is 558 g/mol. The van der Waals surface area contributed by atoms with Gasteiger partial charge in [-0.2, -0.15) is 9.97 Å². The molecule has 2 aliphatic rings. The van der Waals surface area contributed by atoms with Gasteiger partial charge in [0.05, 0.1) is 30.9 Å². The van der Waals surface area contributed by atoms with E-state index in [1.807, 2.05) is 4.90 Å². The van der Waals surface area contributed by atoms with Crippen LogP contribution in [0.3, 0.4) is 0 Å². The second-order valence-electron chi connectivity index (χ2n) is 10.3. The molecule has 1 aromatic carbocycles. The first-order valence-corrected chi connectivity index (χ1v) is 13.7. The Labute approximate surface area is 231 Å². The van der Waals surface area contributed by atoms with Crippen molar-refractivity contribution in [3.63, 3.8) is 0 Å². The molecule has 2 aliphatic heterocycles. The maximum atomic E-state index is 14.1. The molecule has 5 rings (SSSR count). The minimum atomic E-state index is -2.83. The first-order chi connectivity index (χ1) is 19.4. The second kappa shape index (κ2) is 12.4. The van der Waals surface area contributed by atoms with Gasteiger partial charge in [0.2, 0.25) is 11.9 Å². The molecule has 40 heavy (non-hydrogen) atoms. The molecule has 0 aliphatic carbocycles. The van der Waals surface area contributed by atoms with Crippen LogP contribution in [0.4, 0.5) is 20.5 Å². The van der Waals surface area contributed by atoms with Crippen LogP contribution in [0, 0.1) is 0 Å². The van der Waals surface area contributed by atoms with Crippen molar-refractivity contribution in [1.82, 2.24) is 29.3 Å². The summed E-state index contributed by atoms with van der Waals surface area (Å²) in [5.74, 6) is 0.317. The molecule has 2 saturated heterocycles. The molecule has 2 N–H and O–H groups in total. The quantitative estimate of drug-likeness (QED) is 0.409. The number of para-hydroxylation sites is 2. The third kappa shape index (κ3) is 6.01. The summed E-state index contributed by atoms with van der Waals surface area (Å²) in [5.41, 5.74) is 0.927. The van der Waals surface area contributed by atoms with Gasteiger partial charge in [-0.05, 0) is 52.0 Å². The SMILES string of the molecule is C[C@H](Nc1nc(N2CCOCC2)cc(-n2c(C(F)F)nc3ccccc32)n1)C(=O)N(CCO)C1CCN(C)CC1. The number of morpholine rings is 1. The van der Waals surface area contributed by atoms with Crippen LogP contribution in [-0.4, -0.2) is 112 Å². The molecule has 2 fully saturated rings. The lowest BCUT2D eigenvalue weighted by atomic mass is 10.0. The number of aliphatic hydroxyl groups excluding tert-OH is 1. The van der Waals surface area contributed by atoms with Crippen molar-refractivity contribution in [2.24, 2.45) is 0 Å². The highest BCUT2D eigenvalue weighted by molar-refractivity contribution is 5.84. The lowest BCUT2D eigenvalue weighted by Crippen LogP contribution is -2.51. The van der Waals surface area contributed by atoms with Gasteiger partial charge >= 0.3 is 0 Å². The Hall–Kier alpha value is -3.42. The smallest absolute Gasteiger partial charge is 0.296 e. The third-order valence-electron chi connectivity index (χ3n) is 7.51. The van der Waals surface area contributed by atoms with Gasteiger partial charge in [0, 0.05) is 31.7 Å². The first-order valence-electron chi connectivity index (χ1n) is 13.7. The molecule has 11 nitrogen and oxygen atoms in total. The van der Waals surface area contributed by atoms with Gasteiger partial charge in [0.25, 0.3) is 6.43 Å². The number of fused-ring (bicyclic) bond motifs is 1. The van der Waals surface area contributed by atoms with Crippen molar-refractivity contribution >= 4 is 28.7 Å². The molecule has 216 valence electrons. The van der Waals surface area contributed by atoms with E-state index in [1.54, 1.807) is 42.2 Å². The van der Waals surface area contributed by atoms with E-state index in [4.69, 9.17) is 4.74 Å². The van der Waals surface area contributed by atoms with Crippen LogP contribution in [-0.2, 0) is 9.53 Å². The Balaban J connectivity index is 1.49. The number of aromatic nitrogens is 4. The van der Waals surface area contributed by atoms with Crippen LogP contribution in [0.25, 0.3) is 16.9 Å². The number of likely N-dealkylation sites (tertiary alicyclic amines) is 1. The number of aliphatic hydroxyl groups is 1.